The number of amides is 3. The number of nitrogens with zero attached hydrogens (tertiary/aromatic N) is 4. The first-order valence-corrected chi connectivity index (χ1v) is 15.7. The first kappa shape index (κ1) is 38.6. The summed E-state index contributed by atoms with van der Waals surface area (Å²) in [6.45, 7) is 2.61. The van der Waals surface area contributed by atoms with Crippen molar-refractivity contribution in [2.75, 3.05) is 58.0 Å². The average Bonchev–Trinajstić information content (AvgIpc) is 3.01. The molecule has 1 atom stereocenters. The normalized spacial score (nSPS) is 11.7. The lowest BCUT2D eigenvalue weighted by Crippen LogP contribution is -2.46. The molecule has 0 saturated carbocycles. The second-order valence-corrected chi connectivity index (χ2v) is 11.2. The molecule has 1 heterocycles. The molecule has 0 unspecified atom stereocenters. The molecule has 0 aliphatic heterocycles. The highest BCUT2D eigenvalue weighted by Gasteiger charge is 2.22. The lowest BCUT2D eigenvalue weighted by molar-refractivity contribution is -0.127. The van der Waals surface area contributed by atoms with Crippen molar-refractivity contribution in [3.05, 3.63) is 67.3 Å². The van der Waals surface area contributed by atoms with Gasteiger partial charge in [0.15, 0.2) is 0 Å². The highest BCUT2D eigenvalue weighted by molar-refractivity contribution is 7.86. The minimum Gasteiger partial charge on any atom is -0.379 e. The Labute approximate surface area is 268 Å². The predicted molar refractivity (Wildman–Crippen MR) is 165 cm³/mol. The Bertz CT molecular complexity index is 1610. The zero-order valence-corrected chi connectivity index (χ0v) is 26.4. The number of aromatic amines is 1. The highest BCUT2D eigenvalue weighted by Crippen LogP contribution is 2.16. The number of nitrogens with one attached hydrogen (secondary N) is 4. The van der Waals surface area contributed by atoms with Crippen LogP contribution in [0.15, 0.2) is 50.1 Å². The maximum Gasteiger partial charge on any atom is 0.332 e. The maximum absolute atomic E-state index is 13.2. The predicted octanol–water partition coefficient (Wildman–Crippen LogP) is 0.273. The third-order valence-electron chi connectivity index (χ3n) is 6.18. The summed E-state index contributed by atoms with van der Waals surface area (Å²) < 4.78 is 52.0. The van der Waals surface area contributed by atoms with Crippen LogP contribution in [0.1, 0.15) is 24.8 Å². The van der Waals surface area contributed by atoms with Crippen molar-refractivity contribution in [2.24, 2.45) is 5.11 Å². The van der Waals surface area contributed by atoms with E-state index < -0.39 is 50.8 Å². The van der Waals surface area contributed by atoms with Gasteiger partial charge in [-0.05, 0) is 56.0 Å². The summed E-state index contributed by atoms with van der Waals surface area (Å²) in [5.41, 5.74) is 7.10. The lowest BCUT2D eigenvalue weighted by atomic mass is 10.1. The van der Waals surface area contributed by atoms with Crippen LogP contribution in [0, 0.1) is 6.92 Å². The van der Waals surface area contributed by atoms with Crippen molar-refractivity contribution in [3.63, 3.8) is 0 Å². The molecule has 3 amide bonds. The molecule has 0 fully saturated rings. The first-order chi connectivity index (χ1) is 22.4. The third kappa shape index (κ3) is 15.5. The van der Waals surface area contributed by atoms with Gasteiger partial charge in [0.05, 0.1) is 37.9 Å². The molecule has 0 bridgehead atoms. The van der Waals surface area contributed by atoms with Gasteiger partial charge in [-0.15, -0.1) is 3.89 Å². The lowest BCUT2D eigenvalue weighted by Gasteiger charge is -2.19. The van der Waals surface area contributed by atoms with Crippen LogP contribution in [0.3, 0.4) is 0 Å². The number of H-pyrrole nitrogens is 1. The maximum atomic E-state index is 13.2. The summed E-state index contributed by atoms with van der Waals surface area (Å²) in [5, 5.41) is 11.1. The SMILES string of the molecule is Cc1cn(CC(=O)N[C@@H](CCCCNC(=O)COCCOCCOCCN=[N+]=[N-])C(=O)Nc2ccc(S(=O)(=O)F)cc2)c(=O)[nH]c1=O. The van der Waals surface area contributed by atoms with Crippen molar-refractivity contribution in [1.29, 1.82) is 0 Å². The fourth-order valence-electron chi connectivity index (χ4n) is 3.84. The Morgan fingerprint density at radius 3 is 2.34 bits per heavy atom. The van der Waals surface area contributed by atoms with Gasteiger partial charge in [-0.2, -0.15) is 8.42 Å². The highest BCUT2D eigenvalue weighted by atomic mass is 32.3. The Hall–Kier alpha value is -4.62. The molecule has 2 rings (SSSR count). The molecule has 0 aliphatic rings. The van der Waals surface area contributed by atoms with Gasteiger partial charge >= 0.3 is 15.9 Å². The number of hydrogen-bond acceptors (Lipinski definition) is 11. The largest absolute Gasteiger partial charge is 0.379 e. The van der Waals surface area contributed by atoms with E-state index in [0.29, 0.717) is 32.7 Å². The fourth-order valence-corrected chi connectivity index (χ4v) is 4.30. The van der Waals surface area contributed by atoms with E-state index in [0.717, 1.165) is 16.7 Å². The molecule has 20 heteroatoms. The van der Waals surface area contributed by atoms with Crippen LogP contribution in [-0.4, -0.2) is 94.5 Å². The summed E-state index contributed by atoms with van der Waals surface area (Å²) in [6, 6.07) is 3.19. The van der Waals surface area contributed by atoms with Crippen LogP contribution in [0.25, 0.3) is 10.4 Å². The minimum atomic E-state index is -4.94. The first-order valence-electron chi connectivity index (χ1n) is 14.4. The third-order valence-corrected chi connectivity index (χ3v) is 7.01. The summed E-state index contributed by atoms with van der Waals surface area (Å²) in [5.74, 6) is -1.74. The van der Waals surface area contributed by atoms with Crippen molar-refractivity contribution < 1.29 is 40.9 Å². The Kier molecular flexibility index (Phi) is 16.8. The Balaban J connectivity index is 1.82. The molecule has 1 aromatic carbocycles. The molecule has 18 nitrogen and oxygen atoms in total. The minimum absolute atomic E-state index is 0.118. The van der Waals surface area contributed by atoms with Crippen LogP contribution in [0.5, 0.6) is 0 Å². The fraction of sp³-hybridized carbons (Fsp3) is 0.519. The molecular formula is C27H37FN8O10S. The number of rotatable bonds is 22. The molecule has 0 radical (unpaired) electrons. The number of carbonyl (C=O) groups is 3. The van der Waals surface area contributed by atoms with E-state index >= 15 is 0 Å². The summed E-state index contributed by atoms with van der Waals surface area (Å²) in [4.78, 5) is 65.6. The number of carbonyl (C=O) groups excluding carboxylic acids is 3. The van der Waals surface area contributed by atoms with Crippen LogP contribution >= 0.6 is 0 Å². The quantitative estimate of drug-likeness (QED) is 0.0433. The molecule has 258 valence electrons. The van der Waals surface area contributed by atoms with E-state index in [-0.39, 0.29) is 56.5 Å². The summed E-state index contributed by atoms with van der Waals surface area (Å²) in [7, 11) is -4.94. The molecule has 1 aromatic heterocycles. The number of aryl methyl sites for hydroxylation is 1. The summed E-state index contributed by atoms with van der Waals surface area (Å²) in [6.07, 6.45) is 2.13. The van der Waals surface area contributed by atoms with Crippen molar-refractivity contribution >= 4 is 33.6 Å². The van der Waals surface area contributed by atoms with E-state index in [1.165, 1.54) is 25.3 Å². The molecular weight excluding hydrogens is 647 g/mol. The molecule has 0 spiro atoms. The number of aromatic nitrogens is 2. The van der Waals surface area contributed by atoms with Gasteiger partial charge in [0.25, 0.3) is 5.56 Å². The Morgan fingerprint density at radius 1 is 1.02 bits per heavy atom. The Morgan fingerprint density at radius 2 is 1.68 bits per heavy atom. The average molecular weight is 685 g/mol. The van der Waals surface area contributed by atoms with Crippen molar-refractivity contribution in [1.82, 2.24) is 20.2 Å². The smallest absolute Gasteiger partial charge is 0.332 e. The van der Waals surface area contributed by atoms with E-state index in [1.54, 1.807) is 0 Å². The number of hydrogen-bond donors (Lipinski definition) is 4. The van der Waals surface area contributed by atoms with Crippen LogP contribution in [-0.2, 0) is 45.4 Å². The molecule has 47 heavy (non-hydrogen) atoms. The number of benzene rings is 1. The number of anilines is 1. The molecule has 4 N–H and O–H groups in total. The number of azide groups is 1. The van der Waals surface area contributed by atoms with Gasteiger partial charge in [-0.3, -0.25) is 28.7 Å². The van der Waals surface area contributed by atoms with Gasteiger partial charge in [-0.25, -0.2) is 4.79 Å². The van der Waals surface area contributed by atoms with Gasteiger partial charge in [0.1, 0.15) is 19.2 Å². The van der Waals surface area contributed by atoms with Gasteiger partial charge in [-0.1, -0.05) is 5.11 Å². The van der Waals surface area contributed by atoms with Crippen LogP contribution in [0.4, 0.5) is 9.57 Å². The zero-order valence-electron chi connectivity index (χ0n) is 25.6. The van der Waals surface area contributed by atoms with Crippen molar-refractivity contribution in [3.8, 4) is 0 Å². The summed E-state index contributed by atoms with van der Waals surface area (Å²) >= 11 is 0. The second-order valence-electron chi connectivity index (χ2n) is 9.85. The van der Waals surface area contributed by atoms with Gasteiger partial charge in [0.2, 0.25) is 17.7 Å². The van der Waals surface area contributed by atoms with E-state index in [1.807, 2.05) is 0 Å². The zero-order chi connectivity index (χ0) is 34.7. The van der Waals surface area contributed by atoms with E-state index in [9.17, 15) is 36.3 Å². The van der Waals surface area contributed by atoms with Gasteiger partial charge < -0.3 is 30.2 Å². The van der Waals surface area contributed by atoms with E-state index in [2.05, 4.69) is 31.0 Å². The van der Waals surface area contributed by atoms with Crippen LogP contribution < -0.4 is 27.2 Å². The number of ether oxygens (including phenoxy) is 3. The molecule has 0 saturated heterocycles. The number of unbranched alkanes of at least 4 members (excludes halogenated alkanes) is 1. The monoisotopic (exact) mass is 684 g/mol. The van der Waals surface area contributed by atoms with Crippen LogP contribution in [0.2, 0.25) is 0 Å². The number of halogens is 1. The van der Waals surface area contributed by atoms with E-state index in [4.69, 9.17) is 19.7 Å². The van der Waals surface area contributed by atoms with Gasteiger partial charge in [0, 0.05) is 35.4 Å². The van der Waals surface area contributed by atoms with Crippen molar-refractivity contribution in [2.45, 2.75) is 43.7 Å². The molecule has 2 aromatic rings. The topological polar surface area (TPSA) is 253 Å². The second kappa shape index (κ2) is 20.5. The molecule has 0 aliphatic carbocycles. The standard InChI is InChI=1S/C27H37FN8O10S/c1-19-16-36(27(41)34-25(19)39)17-23(37)33-22(26(40)32-20-5-7-21(8-6-20)47(28,42)43)4-2-3-9-30-24(38)18-46-15-14-45-13-12-44-11-10-31-35-29/h5-8,16,22H,2-4,9-15,17-18H2,1H3,(H,30,38)(H,32,40)(H,33,37)(H,34,39,41)/t22-/m0/s1.